The molecule has 2 aromatic heterocycles. The molecule has 1 unspecified atom stereocenters. The van der Waals surface area contributed by atoms with Crippen molar-refractivity contribution in [3.05, 3.63) is 36.1 Å². The molecule has 1 aromatic carbocycles. The second kappa shape index (κ2) is 8.08. The van der Waals surface area contributed by atoms with Gasteiger partial charge in [-0.25, -0.2) is 0 Å². The number of carbonyl (C=O) groups excluding carboxylic acids is 1. The summed E-state index contributed by atoms with van der Waals surface area (Å²) in [5.41, 5.74) is 7.99. The van der Waals surface area contributed by atoms with E-state index in [4.69, 9.17) is 14.7 Å². The normalized spacial score (nSPS) is 12.4. The molecule has 6 heteroatoms. The van der Waals surface area contributed by atoms with Crippen molar-refractivity contribution >= 4 is 22.8 Å². The largest absolute Gasteiger partial charge is 0.464 e. The second-order valence-electron chi connectivity index (χ2n) is 6.54. The van der Waals surface area contributed by atoms with Crippen molar-refractivity contribution in [2.75, 3.05) is 12.3 Å². The molecule has 0 fully saturated rings. The number of benzene rings is 1. The summed E-state index contributed by atoms with van der Waals surface area (Å²) < 4.78 is 10.7. The molecule has 3 rings (SSSR count). The van der Waals surface area contributed by atoms with Crippen LogP contribution in [0.4, 0.5) is 5.88 Å². The molecule has 26 heavy (non-hydrogen) atoms. The van der Waals surface area contributed by atoms with Gasteiger partial charge in [0.25, 0.3) is 5.91 Å². The number of nitrogens with two attached hydrogens (primary N) is 1. The number of hydrogen-bond acceptors (Lipinski definition) is 5. The molecule has 3 N–H and O–H groups in total. The number of unbranched alkanes of at least 4 members (excludes halogenated alkanes) is 1. The van der Waals surface area contributed by atoms with Crippen molar-refractivity contribution < 1.29 is 13.7 Å². The Bertz CT molecular complexity index is 881. The Balaban J connectivity index is 1.83. The molecule has 3 aromatic rings. The minimum absolute atomic E-state index is 0.0180. The fraction of sp³-hybridized carbons (Fsp3) is 0.400. The number of nitrogens with one attached hydrogen (secondary N) is 1. The van der Waals surface area contributed by atoms with Crippen LogP contribution < -0.4 is 11.1 Å². The number of carbonyl (C=O) groups is 1. The van der Waals surface area contributed by atoms with Gasteiger partial charge in [-0.05, 0) is 18.4 Å². The van der Waals surface area contributed by atoms with Crippen molar-refractivity contribution in [2.45, 2.75) is 39.5 Å². The molecule has 1 atom stereocenters. The minimum atomic E-state index is -0.265. The van der Waals surface area contributed by atoms with Gasteiger partial charge in [-0.3, -0.25) is 4.79 Å². The van der Waals surface area contributed by atoms with Crippen LogP contribution in [0.2, 0.25) is 0 Å². The van der Waals surface area contributed by atoms with Crippen LogP contribution in [0.15, 0.2) is 39.5 Å². The van der Waals surface area contributed by atoms with Gasteiger partial charge in [-0.15, -0.1) is 0 Å². The lowest BCUT2D eigenvalue weighted by molar-refractivity contribution is 0.0947. The molecule has 0 saturated carbocycles. The van der Waals surface area contributed by atoms with Gasteiger partial charge in [0.1, 0.15) is 23.1 Å². The Labute approximate surface area is 152 Å². The molecule has 0 radical (unpaired) electrons. The Morgan fingerprint density at radius 3 is 2.88 bits per heavy atom. The summed E-state index contributed by atoms with van der Waals surface area (Å²) in [4.78, 5) is 12.8. The van der Waals surface area contributed by atoms with Gasteiger partial charge < -0.3 is 20.0 Å². The Morgan fingerprint density at radius 2 is 2.12 bits per heavy atom. The van der Waals surface area contributed by atoms with Crippen LogP contribution in [0.1, 0.15) is 49.9 Å². The minimum Gasteiger partial charge on any atom is -0.464 e. The van der Waals surface area contributed by atoms with Crippen LogP contribution in [-0.4, -0.2) is 17.6 Å². The van der Waals surface area contributed by atoms with E-state index in [-0.39, 0.29) is 17.4 Å². The van der Waals surface area contributed by atoms with E-state index in [0.717, 1.165) is 36.7 Å². The maximum absolute atomic E-state index is 12.8. The lowest BCUT2D eigenvalue weighted by atomic mass is 9.99. The number of anilines is 1. The van der Waals surface area contributed by atoms with Crippen molar-refractivity contribution in [1.82, 2.24) is 10.5 Å². The molecule has 6 nitrogen and oxygen atoms in total. The van der Waals surface area contributed by atoms with Crippen LogP contribution >= 0.6 is 0 Å². The highest BCUT2D eigenvalue weighted by Crippen LogP contribution is 2.34. The monoisotopic (exact) mass is 355 g/mol. The van der Waals surface area contributed by atoms with E-state index in [0.29, 0.717) is 23.7 Å². The van der Waals surface area contributed by atoms with E-state index in [9.17, 15) is 4.79 Å². The molecule has 1 amide bonds. The van der Waals surface area contributed by atoms with Gasteiger partial charge in [-0.2, -0.15) is 0 Å². The van der Waals surface area contributed by atoms with E-state index < -0.39 is 0 Å². The number of furan rings is 1. The van der Waals surface area contributed by atoms with E-state index in [1.807, 2.05) is 24.3 Å². The Morgan fingerprint density at radius 1 is 1.31 bits per heavy atom. The average Bonchev–Trinajstić information content (AvgIpc) is 3.25. The summed E-state index contributed by atoms with van der Waals surface area (Å²) in [5, 5.41) is 7.86. The standard InChI is InChI=1S/C20H25N3O3/c1-3-5-8-13(4-2)11-22-20(24)17-18(23-26-19(17)21)15-12-25-16-10-7-6-9-14(15)16/h6-7,9-10,12-13H,3-5,8,11,21H2,1-2H3,(H,22,24). The number of para-hydroxylation sites is 1. The van der Waals surface area contributed by atoms with Gasteiger partial charge in [-0.1, -0.05) is 56.5 Å². The van der Waals surface area contributed by atoms with Crippen molar-refractivity contribution in [3.63, 3.8) is 0 Å². The van der Waals surface area contributed by atoms with Gasteiger partial charge in [0, 0.05) is 11.9 Å². The topological polar surface area (TPSA) is 94.3 Å². The zero-order valence-electron chi connectivity index (χ0n) is 15.2. The van der Waals surface area contributed by atoms with E-state index in [1.165, 1.54) is 0 Å². The molecular formula is C20H25N3O3. The third-order valence-electron chi connectivity index (χ3n) is 4.78. The summed E-state index contributed by atoms with van der Waals surface area (Å²) in [6.07, 6.45) is 6.02. The van der Waals surface area contributed by atoms with E-state index >= 15 is 0 Å². The first kappa shape index (κ1) is 18.0. The number of fused-ring (bicyclic) bond motifs is 1. The number of hydrogen-bond donors (Lipinski definition) is 2. The van der Waals surface area contributed by atoms with Gasteiger partial charge in [0.15, 0.2) is 0 Å². The second-order valence-corrected chi connectivity index (χ2v) is 6.54. The lowest BCUT2D eigenvalue weighted by Crippen LogP contribution is -2.29. The average molecular weight is 355 g/mol. The number of aromatic nitrogens is 1. The molecule has 0 aliphatic carbocycles. The van der Waals surface area contributed by atoms with Crippen LogP contribution in [0.25, 0.3) is 22.2 Å². The van der Waals surface area contributed by atoms with Crippen LogP contribution in [-0.2, 0) is 0 Å². The summed E-state index contributed by atoms with van der Waals surface area (Å²) in [7, 11) is 0. The first-order chi connectivity index (χ1) is 12.7. The first-order valence-electron chi connectivity index (χ1n) is 9.15. The molecular weight excluding hydrogens is 330 g/mol. The van der Waals surface area contributed by atoms with Gasteiger partial charge >= 0.3 is 0 Å². The summed E-state index contributed by atoms with van der Waals surface area (Å²) in [6.45, 7) is 4.93. The van der Waals surface area contributed by atoms with Gasteiger partial charge in [0.2, 0.25) is 5.88 Å². The molecule has 0 aliphatic rings. The Hall–Kier alpha value is -2.76. The zero-order valence-corrected chi connectivity index (χ0v) is 15.2. The SMILES string of the molecule is CCCCC(CC)CNC(=O)c1c(-c2coc3ccccc23)noc1N. The first-order valence-corrected chi connectivity index (χ1v) is 9.15. The Kier molecular flexibility index (Phi) is 5.61. The van der Waals surface area contributed by atoms with Crippen molar-refractivity contribution in [2.24, 2.45) is 5.92 Å². The predicted octanol–water partition coefficient (Wildman–Crippen LogP) is 4.62. The highest BCUT2D eigenvalue weighted by Gasteiger charge is 2.25. The molecule has 0 spiro atoms. The molecule has 138 valence electrons. The number of nitrogens with zero attached hydrogens (tertiary/aromatic N) is 1. The summed E-state index contributed by atoms with van der Waals surface area (Å²) in [6, 6.07) is 7.58. The molecule has 2 heterocycles. The lowest BCUT2D eigenvalue weighted by Gasteiger charge is -2.15. The van der Waals surface area contributed by atoms with E-state index in [1.54, 1.807) is 6.26 Å². The van der Waals surface area contributed by atoms with Gasteiger partial charge in [0.05, 0.1) is 5.56 Å². The maximum atomic E-state index is 12.8. The smallest absolute Gasteiger partial charge is 0.259 e. The van der Waals surface area contributed by atoms with Crippen molar-refractivity contribution in [3.8, 4) is 11.3 Å². The fourth-order valence-corrected chi connectivity index (χ4v) is 3.14. The predicted molar refractivity (Wildman–Crippen MR) is 102 cm³/mol. The van der Waals surface area contributed by atoms with E-state index in [2.05, 4.69) is 24.3 Å². The van der Waals surface area contributed by atoms with Crippen LogP contribution in [0, 0.1) is 5.92 Å². The van der Waals surface area contributed by atoms with Crippen LogP contribution in [0.3, 0.4) is 0 Å². The van der Waals surface area contributed by atoms with Crippen molar-refractivity contribution in [1.29, 1.82) is 0 Å². The third kappa shape index (κ3) is 3.59. The molecule has 0 saturated heterocycles. The number of amides is 1. The summed E-state index contributed by atoms with van der Waals surface area (Å²) >= 11 is 0. The number of nitrogen functional groups attached to an aromatic ring is 1. The third-order valence-corrected chi connectivity index (χ3v) is 4.78. The zero-order chi connectivity index (χ0) is 18.5. The quantitative estimate of drug-likeness (QED) is 0.615. The van der Waals surface area contributed by atoms with Crippen LogP contribution in [0.5, 0.6) is 0 Å². The number of rotatable bonds is 8. The maximum Gasteiger partial charge on any atom is 0.259 e. The summed E-state index contributed by atoms with van der Waals surface area (Å²) in [5.74, 6) is 0.210. The highest BCUT2D eigenvalue weighted by atomic mass is 16.5. The fourth-order valence-electron chi connectivity index (χ4n) is 3.14. The molecule has 0 bridgehead atoms. The molecule has 0 aliphatic heterocycles. The highest BCUT2D eigenvalue weighted by molar-refractivity contribution is 6.06.